The first-order valence-electron chi connectivity index (χ1n) is 7.41. The van der Waals surface area contributed by atoms with Crippen LogP contribution in [0.1, 0.15) is 20.3 Å². The van der Waals surface area contributed by atoms with Crippen LogP contribution >= 0.6 is 23.4 Å². The van der Waals surface area contributed by atoms with Gasteiger partial charge in [0.05, 0.1) is 11.9 Å². The van der Waals surface area contributed by atoms with Gasteiger partial charge in [-0.3, -0.25) is 4.79 Å². The summed E-state index contributed by atoms with van der Waals surface area (Å²) < 4.78 is 1.64. The number of H-pyrrole nitrogens is 1. The highest BCUT2D eigenvalue weighted by Crippen LogP contribution is 2.20. The molecule has 3 rings (SSSR count). The smallest absolute Gasteiger partial charge is 0.262 e. The van der Waals surface area contributed by atoms with E-state index in [1.165, 1.54) is 6.20 Å². The molecule has 120 valence electrons. The fourth-order valence-corrected chi connectivity index (χ4v) is 3.44. The van der Waals surface area contributed by atoms with E-state index in [9.17, 15) is 4.79 Å². The van der Waals surface area contributed by atoms with E-state index in [4.69, 9.17) is 11.6 Å². The summed E-state index contributed by atoms with van der Waals surface area (Å²) in [6.07, 6.45) is 2.60. The molecule has 1 aromatic carbocycles. The van der Waals surface area contributed by atoms with Crippen LogP contribution in [0.2, 0.25) is 5.02 Å². The number of aromatic nitrogens is 4. The maximum absolute atomic E-state index is 12.2. The normalized spacial score (nSPS) is 11.5. The number of fused-ring (bicyclic) bond motifs is 1. The molecule has 2 aromatic heterocycles. The van der Waals surface area contributed by atoms with Crippen molar-refractivity contribution < 1.29 is 0 Å². The van der Waals surface area contributed by atoms with Crippen molar-refractivity contribution in [3.05, 3.63) is 45.8 Å². The minimum atomic E-state index is -0.171. The van der Waals surface area contributed by atoms with E-state index < -0.39 is 0 Å². The second kappa shape index (κ2) is 6.76. The highest BCUT2D eigenvalue weighted by atomic mass is 35.5. The predicted octanol–water partition coefficient (Wildman–Crippen LogP) is 3.90. The lowest BCUT2D eigenvalue weighted by molar-refractivity contribution is 0.631. The number of rotatable bonds is 5. The lowest BCUT2D eigenvalue weighted by Gasteiger charge is -2.06. The van der Waals surface area contributed by atoms with Gasteiger partial charge in [0.15, 0.2) is 10.8 Å². The molecule has 2 heterocycles. The van der Waals surface area contributed by atoms with Crippen LogP contribution in [0.5, 0.6) is 0 Å². The largest absolute Gasteiger partial charge is 0.301 e. The SMILES string of the molecule is CC(C)CCSc1nc2c(cnn2-c2cccc(Cl)c2)c(=O)[nH]1. The molecular formula is C16H17ClN4OS. The summed E-state index contributed by atoms with van der Waals surface area (Å²) in [6.45, 7) is 4.35. The number of thioether (sulfide) groups is 1. The molecule has 0 aliphatic carbocycles. The fourth-order valence-electron chi connectivity index (χ4n) is 2.15. The predicted molar refractivity (Wildman–Crippen MR) is 94.7 cm³/mol. The molecule has 0 bridgehead atoms. The summed E-state index contributed by atoms with van der Waals surface area (Å²) in [4.78, 5) is 19.6. The molecule has 0 amide bonds. The third-order valence-corrected chi connectivity index (χ3v) is 4.54. The number of hydrogen-bond donors (Lipinski definition) is 1. The molecule has 7 heteroatoms. The Hall–Kier alpha value is -1.79. The number of nitrogens with one attached hydrogen (secondary N) is 1. The van der Waals surface area contributed by atoms with Crippen LogP contribution in [0, 0.1) is 5.92 Å². The lowest BCUT2D eigenvalue weighted by Crippen LogP contribution is -2.10. The van der Waals surface area contributed by atoms with Gasteiger partial charge in [-0.15, -0.1) is 0 Å². The van der Waals surface area contributed by atoms with Crippen molar-refractivity contribution in [2.24, 2.45) is 5.92 Å². The van der Waals surface area contributed by atoms with Crippen molar-refractivity contribution in [1.82, 2.24) is 19.7 Å². The van der Waals surface area contributed by atoms with Crippen LogP contribution in [0.25, 0.3) is 16.7 Å². The van der Waals surface area contributed by atoms with Gasteiger partial charge in [-0.2, -0.15) is 5.10 Å². The van der Waals surface area contributed by atoms with Gasteiger partial charge in [0.1, 0.15) is 5.39 Å². The highest BCUT2D eigenvalue weighted by Gasteiger charge is 2.12. The van der Waals surface area contributed by atoms with Crippen LogP contribution in [-0.4, -0.2) is 25.5 Å². The van der Waals surface area contributed by atoms with Crippen molar-refractivity contribution in [1.29, 1.82) is 0 Å². The molecule has 3 aromatic rings. The first-order chi connectivity index (χ1) is 11.0. The summed E-state index contributed by atoms with van der Waals surface area (Å²) in [5, 5.41) is 5.98. The first kappa shape index (κ1) is 16.1. The zero-order valence-corrected chi connectivity index (χ0v) is 14.5. The molecule has 23 heavy (non-hydrogen) atoms. The Bertz CT molecular complexity index is 887. The minimum Gasteiger partial charge on any atom is -0.301 e. The number of benzene rings is 1. The van der Waals surface area contributed by atoms with Gasteiger partial charge in [0.25, 0.3) is 5.56 Å². The molecule has 0 aliphatic heterocycles. The van der Waals surface area contributed by atoms with Gasteiger partial charge in [0.2, 0.25) is 0 Å². The average Bonchev–Trinajstić information content (AvgIpc) is 2.91. The molecule has 0 atom stereocenters. The third-order valence-electron chi connectivity index (χ3n) is 3.40. The molecule has 0 radical (unpaired) electrons. The van der Waals surface area contributed by atoms with Gasteiger partial charge in [0, 0.05) is 10.8 Å². The maximum Gasteiger partial charge on any atom is 0.262 e. The van der Waals surface area contributed by atoms with Gasteiger partial charge >= 0.3 is 0 Å². The van der Waals surface area contributed by atoms with E-state index in [2.05, 4.69) is 28.9 Å². The summed E-state index contributed by atoms with van der Waals surface area (Å²) in [5.41, 5.74) is 1.15. The number of hydrogen-bond acceptors (Lipinski definition) is 4. The standard InChI is InChI=1S/C16H17ClN4OS/c1-10(2)6-7-23-16-19-14-13(15(22)20-16)9-18-21(14)12-5-3-4-11(17)8-12/h3-5,8-10H,6-7H2,1-2H3,(H,19,20,22). The van der Waals surface area contributed by atoms with E-state index in [1.54, 1.807) is 28.6 Å². The molecule has 0 unspecified atom stereocenters. The second-order valence-corrected chi connectivity index (χ2v) is 7.20. The Morgan fingerprint density at radius 1 is 1.39 bits per heavy atom. The van der Waals surface area contributed by atoms with E-state index >= 15 is 0 Å². The fraction of sp³-hybridized carbons (Fsp3) is 0.312. The van der Waals surface area contributed by atoms with E-state index in [1.807, 2.05) is 12.1 Å². The summed E-state index contributed by atoms with van der Waals surface area (Å²) >= 11 is 7.59. The zero-order chi connectivity index (χ0) is 16.4. The Kier molecular flexibility index (Phi) is 4.73. The monoisotopic (exact) mass is 348 g/mol. The molecular weight excluding hydrogens is 332 g/mol. The van der Waals surface area contributed by atoms with Crippen LogP contribution in [0.15, 0.2) is 40.4 Å². The Morgan fingerprint density at radius 2 is 2.22 bits per heavy atom. The van der Waals surface area contributed by atoms with Gasteiger partial charge in [-0.1, -0.05) is 43.3 Å². The van der Waals surface area contributed by atoms with Crippen LogP contribution in [-0.2, 0) is 0 Å². The van der Waals surface area contributed by atoms with E-state index in [0.29, 0.717) is 27.1 Å². The molecule has 0 aliphatic rings. The zero-order valence-electron chi connectivity index (χ0n) is 12.9. The van der Waals surface area contributed by atoms with E-state index in [-0.39, 0.29) is 5.56 Å². The van der Waals surface area contributed by atoms with Crippen molar-refractivity contribution in [2.45, 2.75) is 25.4 Å². The van der Waals surface area contributed by atoms with Gasteiger partial charge < -0.3 is 4.98 Å². The van der Waals surface area contributed by atoms with Crippen molar-refractivity contribution >= 4 is 34.4 Å². The molecule has 5 nitrogen and oxygen atoms in total. The van der Waals surface area contributed by atoms with Crippen LogP contribution in [0.3, 0.4) is 0 Å². The minimum absolute atomic E-state index is 0.171. The highest BCUT2D eigenvalue weighted by molar-refractivity contribution is 7.99. The van der Waals surface area contributed by atoms with Gasteiger partial charge in [-0.05, 0) is 30.5 Å². The third kappa shape index (κ3) is 3.59. The molecule has 0 fully saturated rings. The van der Waals surface area contributed by atoms with Crippen molar-refractivity contribution in [2.75, 3.05) is 5.75 Å². The number of aromatic amines is 1. The van der Waals surface area contributed by atoms with Crippen LogP contribution < -0.4 is 5.56 Å². The van der Waals surface area contributed by atoms with E-state index in [0.717, 1.165) is 17.9 Å². The molecule has 1 N–H and O–H groups in total. The summed E-state index contributed by atoms with van der Waals surface area (Å²) in [7, 11) is 0. The maximum atomic E-state index is 12.2. The topological polar surface area (TPSA) is 63.6 Å². The Balaban J connectivity index is 2.00. The first-order valence-corrected chi connectivity index (χ1v) is 8.78. The quantitative estimate of drug-likeness (QED) is 0.561. The lowest BCUT2D eigenvalue weighted by atomic mass is 10.2. The van der Waals surface area contributed by atoms with Crippen molar-refractivity contribution in [3.8, 4) is 5.69 Å². The van der Waals surface area contributed by atoms with Crippen LogP contribution in [0.4, 0.5) is 0 Å². The second-order valence-electron chi connectivity index (χ2n) is 5.68. The molecule has 0 spiro atoms. The van der Waals surface area contributed by atoms with Crippen molar-refractivity contribution in [3.63, 3.8) is 0 Å². The molecule has 0 saturated carbocycles. The number of halogens is 1. The summed E-state index contributed by atoms with van der Waals surface area (Å²) in [5.74, 6) is 1.53. The number of nitrogens with zero attached hydrogens (tertiary/aromatic N) is 3. The average molecular weight is 349 g/mol. The molecule has 0 saturated heterocycles. The van der Waals surface area contributed by atoms with Gasteiger partial charge in [-0.25, -0.2) is 9.67 Å². The summed E-state index contributed by atoms with van der Waals surface area (Å²) in [6, 6.07) is 7.32. The Morgan fingerprint density at radius 3 is 2.96 bits per heavy atom. The Labute approximate surface area is 143 Å².